The summed E-state index contributed by atoms with van der Waals surface area (Å²) in [6.45, 7) is 0.269. The second-order valence-electron chi connectivity index (χ2n) is 4.23. The standard InChI is InChI=1S/C14H10O4S/c15-8-11-2-1-3-13-14(11)19(16,17)12-6-4-10(5-7-12)9-18-13/h1-8H,9H2. The van der Waals surface area contributed by atoms with E-state index >= 15 is 0 Å². The first kappa shape index (κ1) is 11.9. The number of rotatable bonds is 1. The molecule has 2 heterocycles. The third-order valence-corrected chi connectivity index (χ3v) is 4.90. The lowest BCUT2D eigenvalue weighted by Gasteiger charge is -2.11. The Morgan fingerprint density at radius 1 is 1.05 bits per heavy atom. The average Bonchev–Trinajstić information content (AvgIpc) is 2.52. The van der Waals surface area contributed by atoms with Gasteiger partial charge in [0.15, 0.2) is 6.29 Å². The number of hydrogen-bond acceptors (Lipinski definition) is 4. The number of sulfone groups is 1. The summed E-state index contributed by atoms with van der Waals surface area (Å²) < 4.78 is 30.7. The van der Waals surface area contributed by atoms with Crippen LogP contribution in [0.15, 0.2) is 52.3 Å². The molecule has 4 rings (SSSR count). The molecular formula is C14H10O4S. The molecule has 0 atom stereocenters. The molecule has 0 aromatic heterocycles. The van der Waals surface area contributed by atoms with Gasteiger partial charge in [0.05, 0.1) is 4.90 Å². The monoisotopic (exact) mass is 274 g/mol. The maximum atomic E-state index is 12.6. The third kappa shape index (κ3) is 1.82. The summed E-state index contributed by atoms with van der Waals surface area (Å²) in [5.41, 5.74) is 0.991. The second kappa shape index (κ2) is 4.20. The van der Waals surface area contributed by atoms with Crippen molar-refractivity contribution in [1.29, 1.82) is 0 Å². The molecule has 5 heteroatoms. The first-order valence-electron chi connectivity index (χ1n) is 5.68. The van der Waals surface area contributed by atoms with E-state index in [0.29, 0.717) is 6.29 Å². The van der Waals surface area contributed by atoms with Crippen molar-refractivity contribution in [3.63, 3.8) is 0 Å². The fourth-order valence-corrected chi connectivity index (χ4v) is 3.62. The molecule has 0 fully saturated rings. The third-order valence-electron chi connectivity index (χ3n) is 3.03. The molecule has 0 N–H and O–H groups in total. The van der Waals surface area contributed by atoms with E-state index in [2.05, 4.69) is 0 Å². The van der Waals surface area contributed by atoms with Crippen molar-refractivity contribution in [3.05, 3.63) is 53.6 Å². The summed E-state index contributed by atoms with van der Waals surface area (Å²) in [7, 11) is -3.75. The molecule has 96 valence electrons. The minimum Gasteiger partial charge on any atom is -0.488 e. The molecule has 4 nitrogen and oxygen atoms in total. The fourth-order valence-electron chi connectivity index (χ4n) is 2.07. The summed E-state index contributed by atoms with van der Waals surface area (Å²) in [6.07, 6.45) is 0.533. The van der Waals surface area contributed by atoms with Gasteiger partial charge in [-0.1, -0.05) is 24.3 Å². The van der Waals surface area contributed by atoms with Crippen LogP contribution in [0.1, 0.15) is 15.9 Å². The maximum Gasteiger partial charge on any atom is 0.210 e. The first-order valence-corrected chi connectivity index (χ1v) is 7.16. The smallest absolute Gasteiger partial charge is 0.210 e. The summed E-state index contributed by atoms with van der Waals surface area (Å²) in [5.74, 6) is 0.215. The van der Waals surface area contributed by atoms with Gasteiger partial charge < -0.3 is 4.74 Å². The van der Waals surface area contributed by atoms with Crippen molar-refractivity contribution in [1.82, 2.24) is 0 Å². The predicted octanol–water partition coefficient (Wildman–Crippen LogP) is 2.22. The zero-order valence-electron chi connectivity index (χ0n) is 9.87. The Labute approximate surface area is 110 Å². The molecule has 0 amide bonds. The van der Waals surface area contributed by atoms with E-state index in [1.807, 2.05) is 0 Å². The van der Waals surface area contributed by atoms with Crippen molar-refractivity contribution >= 4 is 16.1 Å². The van der Waals surface area contributed by atoms with Crippen LogP contribution < -0.4 is 4.74 Å². The normalized spacial score (nSPS) is 15.6. The molecule has 2 aliphatic heterocycles. The number of aldehydes is 1. The van der Waals surface area contributed by atoms with E-state index in [-0.39, 0.29) is 27.7 Å². The van der Waals surface area contributed by atoms with Crippen LogP contribution in [0.3, 0.4) is 0 Å². The Hall–Kier alpha value is -2.14. The van der Waals surface area contributed by atoms with Crippen molar-refractivity contribution < 1.29 is 17.9 Å². The largest absolute Gasteiger partial charge is 0.488 e. The molecule has 2 bridgehead atoms. The summed E-state index contributed by atoms with van der Waals surface area (Å²) in [4.78, 5) is 11.2. The molecule has 19 heavy (non-hydrogen) atoms. The number of fused-ring (bicyclic) bond motifs is 3. The van der Waals surface area contributed by atoms with Gasteiger partial charge in [0, 0.05) is 5.56 Å². The molecule has 0 spiro atoms. The van der Waals surface area contributed by atoms with Crippen LogP contribution in [0.25, 0.3) is 0 Å². The molecule has 0 saturated carbocycles. The lowest BCUT2D eigenvalue weighted by Crippen LogP contribution is -2.07. The molecule has 2 aromatic carbocycles. The van der Waals surface area contributed by atoms with Gasteiger partial charge in [-0.25, -0.2) is 8.42 Å². The predicted molar refractivity (Wildman–Crippen MR) is 68.1 cm³/mol. The van der Waals surface area contributed by atoms with Gasteiger partial charge in [0.25, 0.3) is 0 Å². The van der Waals surface area contributed by atoms with Crippen LogP contribution in [0.5, 0.6) is 5.75 Å². The Bertz CT molecular complexity index is 746. The van der Waals surface area contributed by atoms with E-state index in [1.165, 1.54) is 18.2 Å². The molecular weight excluding hydrogens is 264 g/mol. The molecule has 2 aromatic rings. The van der Waals surface area contributed by atoms with E-state index in [9.17, 15) is 13.2 Å². The number of carbonyl (C=O) groups excluding carboxylic acids is 1. The Balaban J connectivity index is 2.39. The Morgan fingerprint density at radius 3 is 2.47 bits per heavy atom. The summed E-state index contributed by atoms with van der Waals surface area (Å²) >= 11 is 0. The zero-order chi connectivity index (χ0) is 13.5. The van der Waals surface area contributed by atoms with Gasteiger partial charge in [-0.2, -0.15) is 0 Å². The van der Waals surface area contributed by atoms with E-state index in [0.717, 1.165) is 5.56 Å². The van der Waals surface area contributed by atoms with Crippen LogP contribution in [0, 0.1) is 0 Å². The quantitative estimate of drug-likeness (QED) is 0.748. The van der Waals surface area contributed by atoms with Gasteiger partial charge in [0.1, 0.15) is 17.3 Å². The summed E-state index contributed by atoms with van der Waals surface area (Å²) in [6, 6.07) is 11.1. The highest BCUT2D eigenvalue weighted by molar-refractivity contribution is 7.91. The van der Waals surface area contributed by atoms with Crippen molar-refractivity contribution in [2.24, 2.45) is 0 Å². The van der Waals surface area contributed by atoms with Gasteiger partial charge >= 0.3 is 0 Å². The lowest BCUT2D eigenvalue weighted by atomic mass is 10.2. The number of benzene rings is 2. The molecule has 0 aliphatic carbocycles. The van der Waals surface area contributed by atoms with Crippen molar-refractivity contribution in [3.8, 4) is 5.75 Å². The molecule has 0 saturated heterocycles. The van der Waals surface area contributed by atoms with Gasteiger partial charge in [-0.05, 0) is 23.8 Å². The van der Waals surface area contributed by atoms with Crippen molar-refractivity contribution in [2.75, 3.05) is 0 Å². The lowest BCUT2D eigenvalue weighted by molar-refractivity contribution is 0.111. The van der Waals surface area contributed by atoms with Crippen LogP contribution >= 0.6 is 0 Å². The van der Waals surface area contributed by atoms with Gasteiger partial charge in [-0.15, -0.1) is 0 Å². The minimum atomic E-state index is -3.75. The average molecular weight is 274 g/mol. The number of hydrogen-bond donors (Lipinski definition) is 0. The minimum absolute atomic E-state index is 0.0579. The van der Waals surface area contributed by atoms with Crippen LogP contribution in [0.2, 0.25) is 0 Å². The molecule has 2 aliphatic rings. The number of carbonyl (C=O) groups is 1. The van der Waals surface area contributed by atoms with Crippen LogP contribution in [0.4, 0.5) is 0 Å². The van der Waals surface area contributed by atoms with E-state index in [4.69, 9.17) is 4.74 Å². The Kier molecular flexibility index (Phi) is 2.64. The van der Waals surface area contributed by atoms with Gasteiger partial charge in [-0.3, -0.25) is 4.79 Å². The first-order chi connectivity index (χ1) is 9.13. The SMILES string of the molecule is O=Cc1cccc2c1S(=O)(=O)c1ccc(cc1)CO2. The van der Waals surface area contributed by atoms with Crippen molar-refractivity contribution in [2.45, 2.75) is 16.4 Å². The van der Waals surface area contributed by atoms with E-state index in [1.54, 1.807) is 24.3 Å². The van der Waals surface area contributed by atoms with Gasteiger partial charge in [0.2, 0.25) is 9.84 Å². The Morgan fingerprint density at radius 2 is 1.79 bits per heavy atom. The van der Waals surface area contributed by atoms with E-state index < -0.39 is 9.84 Å². The maximum absolute atomic E-state index is 12.6. The summed E-state index contributed by atoms with van der Waals surface area (Å²) in [5, 5.41) is 0. The van der Waals surface area contributed by atoms with Crippen LogP contribution in [-0.4, -0.2) is 14.7 Å². The fraction of sp³-hybridized carbons (Fsp3) is 0.0714. The molecule has 0 unspecified atom stereocenters. The highest BCUT2D eigenvalue weighted by Crippen LogP contribution is 2.34. The topological polar surface area (TPSA) is 60.4 Å². The molecule has 0 radical (unpaired) electrons. The van der Waals surface area contributed by atoms with Crippen LogP contribution in [-0.2, 0) is 16.4 Å². The highest BCUT2D eigenvalue weighted by atomic mass is 32.2. The highest BCUT2D eigenvalue weighted by Gasteiger charge is 2.27. The number of ether oxygens (including phenoxy) is 1. The second-order valence-corrected chi connectivity index (χ2v) is 6.11. The zero-order valence-corrected chi connectivity index (χ0v) is 10.7.